The Labute approximate surface area is 125 Å². The summed E-state index contributed by atoms with van der Waals surface area (Å²) >= 11 is 0. The molecule has 0 fully saturated rings. The number of hydrogen-bond acceptors (Lipinski definition) is 3. The molecule has 0 bridgehead atoms. The second-order valence-electron chi connectivity index (χ2n) is 5.28. The van der Waals surface area contributed by atoms with Gasteiger partial charge in [0, 0.05) is 17.8 Å². The summed E-state index contributed by atoms with van der Waals surface area (Å²) in [6.45, 7) is 5.10. The lowest BCUT2D eigenvalue weighted by atomic mass is 9.98. The van der Waals surface area contributed by atoms with Gasteiger partial charge < -0.3 is 9.73 Å². The van der Waals surface area contributed by atoms with Crippen LogP contribution in [0.4, 0.5) is 0 Å². The van der Waals surface area contributed by atoms with E-state index in [0.717, 1.165) is 29.9 Å². The van der Waals surface area contributed by atoms with Gasteiger partial charge in [0.25, 0.3) is 0 Å². The monoisotopic (exact) mass is 280 g/mol. The third-order valence-corrected chi connectivity index (χ3v) is 3.67. The number of aromatic nitrogens is 1. The van der Waals surface area contributed by atoms with E-state index < -0.39 is 0 Å². The van der Waals surface area contributed by atoms with Crippen LogP contribution in [0.3, 0.4) is 0 Å². The van der Waals surface area contributed by atoms with Crippen molar-refractivity contribution in [1.29, 1.82) is 0 Å². The highest BCUT2D eigenvalue weighted by Crippen LogP contribution is 2.29. The highest BCUT2D eigenvalue weighted by molar-refractivity contribution is 5.85. The maximum atomic E-state index is 5.87. The molecule has 0 spiro atoms. The number of nitrogens with zero attached hydrogens (tertiary/aromatic N) is 1. The van der Waals surface area contributed by atoms with E-state index in [1.807, 2.05) is 25.4 Å². The topological polar surface area (TPSA) is 38.1 Å². The summed E-state index contributed by atoms with van der Waals surface area (Å²) in [5.74, 6) is 1.90. The van der Waals surface area contributed by atoms with Crippen LogP contribution in [0.2, 0.25) is 0 Å². The van der Waals surface area contributed by atoms with Crippen molar-refractivity contribution < 1.29 is 4.42 Å². The van der Waals surface area contributed by atoms with Crippen LogP contribution in [-0.2, 0) is 0 Å². The fourth-order valence-electron chi connectivity index (χ4n) is 2.66. The summed E-state index contributed by atoms with van der Waals surface area (Å²) in [6.07, 6.45) is 4.84. The summed E-state index contributed by atoms with van der Waals surface area (Å²) < 4.78 is 5.87. The van der Waals surface area contributed by atoms with Crippen LogP contribution in [0, 0.1) is 6.92 Å². The Morgan fingerprint density at radius 1 is 1.19 bits per heavy atom. The minimum Gasteiger partial charge on any atom is -0.464 e. The molecule has 21 heavy (non-hydrogen) atoms. The second-order valence-corrected chi connectivity index (χ2v) is 5.28. The number of nitrogens with one attached hydrogen (secondary N) is 1. The molecule has 0 aliphatic carbocycles. The second kappa shape index (κ2) is 6.10. The summed E-state index contributed by atoms with van der Waals surface area (Å²) in [5.41, 5.74) is 1.23. The first-order valence-corrected chi connectivity index (χ1v) is 7.42. The summed E-state index contributed by atoms with van der Waals surface area (Å²) in [5, 5.41) is 5.97. The van der Waals surface area contributed by atoms with E-state index in [0.29, 0.717) is 0 Å². The van der Waals surface area contributed by atoms with Gasteiger partial charge in [0.2, 0.25) is 0 Å². The molecule has 108 valence electrons. The van der Waals surface area contributed by atoms with Gasteiger partial charge in [-0.1, -0.05) is 25.1 Å². The van der Waals surface area contributed by atoms with Gasteiger partial charge in [0.1, 0.15) is 11.5 Å². The minimum absolute atomic E-state index is 0.0738. The van der Waals surface area contributed by atoms with Crippen LogP contribution in [0.15, 0.2) is 53.2 Å². The van der Waals surface area contributed by atoms with E-state index in [-0.39, 0.29) is 6.04 Å². The lowest BCUT2D eigenvalue weighted by Gasteiger charge is -2.18. The van der Waals surface area contributed by atoms with Gasteiger partial charge in [-0.05, 0) is 49.0 Å². The van der Waals surface area contributed by atoms with Crippen molar-refractivity contribution in [3.63, 3.8) is 0 Å². The Kier molecular flexibility index (Phi) is 4.02. The highest BCUT2D eigenvalue weighted by atomic mass is 16.3. The molecule has 0 saturated heterocycles. The number of pyridine rings is 1. The van der Waals surface area contributed by atoms with Gasteiger partial charge in [0.15, 0.2) is 0 Å². The third-order valence-electron chi connectivity index (χ3n) is 3.67. The van der Waals surface area contributed by atoms with Crippen molar-refractivity contribution in [3.05, 3.63) is 65.9 Å². The molecular weight excluding hydrogens is 260 g/mol. The predicted octanol–water partition coefficient (Wildman–Crippen LogP) is 4.23. The first-order valence-electron chi connectivity index (χ1n) is 7.42. The minimum atomic E-state index is 0.0738. The summed E-state index contributed by atoms with van der Waals surface area (Å²) in [7, 11) is 0. The quantitative estimate of drug-likeness (QED) is 0.760. The molecule has 1 N–H and O–H groups in total. The number of aryl methyl sites for hydroxylation is 1. The summed E-state index contributed by atoms with van der Waals surface area (Å²) in [4.78, 5) is 4.21. The molecule has 3 aromatic rings. The van der Waals surface area contributed by atoms with Crippen LogP contribution < -0.4 is 5.32 Å². The number of rotatable bonds is 5. The van der Waals surface area contributed by atoms with E-state index in [2.05, 4.69) is 47.6 Å². The molecule has 2 aromatic heterocycles. The number of fused-ring (bicyclic) bond motifs is 1. The zero-order valence-corrected chi connectivity index (χ0v) is 12.5. The molecule has 1 aromatic carbocycles. The Morgan fingerprint density at radius 3 is 2.86 bits per heavy atom. The average Bonchev–Trinajstić information content (AvgIpc) is 2.94. The molecule has 3 nitrogen and oxygen atoms in total. The lowest BCUT2D eigenvalue weighted by Crippen LogP contribution is -2.23. The number of furan rings is 1. The zero-order valence-electron chi connectivity index (χ0n) is 12.5. The molecule has 0 amide bonds. The van der Waals surface area contributed by atoms with Crippen molar-refractivity contribution in [2.45, 2.75) is 26.3 Å². The Hall–Kier alpha value is -2.13. The van der Waals surface area contributed by atoms with Gasteiger partial charge in [-0.25, -0.2) is 0 Å². The fourth-order valence-corrected chi connectivity index (χ4v) is 2.66. The Bertz CT molecular complexity index is 727. The van der Waals surface area contributed by atoms with Crippen molar-refractivity contribution in [1.82, 2.24) is 10.3 Å². The molecule has 2 heterocycles. The van der Waals surface area contributed by atoms with Crippen LogP contribution in [0.1, 0.15) is 36.5 Å². The van der Waals surface area contributed by atoms with Gasteiger partial charge in [-0.2, -0.15) is 0 Å². The highest BCUT2D eigenvalue weighted by Gasteiger charge is 2.18. The Balaban J connectivity index is 2.09. The first kappa shape index (κ1) is 13.8. The van der Waals surface area contributed by atoms with Crippen LogP contribution in [0.25, 0.3) is 10.8 Å². The normalized spacial score (nSPS) is 12.7. The predicted molar refractivity (Wildman–Crippen MR) is 85.3 cm³/mol. The maximum Gasteiger partial charge on any atom is 0.125 e. The van der Waals surface area contributed by atoms with Gasteiger partial charge in [-0.15, -0.1) is 0 Å². The molecule has 0 aliphatic rings. The standard InChI is InChI=1S/C18H20N2O/c1-3-10-20-18(17-8-7-13(2)21-17)16-6-4-5-14-12-19-11-9-15(14)16/h4-9,11-12,18,20H,3,10H2,1-2H3. The van der Waals surface area contributed by atoms with E-state index in [1.165, 1.54) is 10.9 Å². The summed E-state index contributed by atoms with van der Waals surface area (Å²) in [6, 6.07) is 12.6. The molecule has 1 atom stereocenters. The van der Waals surface area contributed by atoms with Crippen LogP contribution in [-0.4, -0.2) is 11.5 Å². The molecule has 0 aliphatic heterocycles. The SMILES string of the molecule is CCCNC(c1ccc(C)o1)c1cccc2cnccc12. The Morgan fingerprint density at radius 2 is 2.10 bits per heavy atom. The van der Waals surface area contributed by atoms with Crippen molar-refractivity contribution >= 4 is 10.8 Å². The van der Waals surface area contributed by atoms with E-state index in [9.17, 15) is 0 Å². The molecule has 0 saturated carbocycles. The lowest BCUT2D eigenvalue weighted by molar-refractivity contribution is 0.431. The average molecular weight is 280 g/mol. The number of hydrogen-bond donors (Lipinski definition) is 1. The maximum absolute atomic E-state index is 5.87. The molecular formula is C18H20N2O. The van der Waals surface area contributed by atoms with Crippen LogP contribution >= 0.6 is 0 Å². The van der Waals surface area contributed by atoms with Gasteiger partial charge in [0.05, 0.1) is 6.04 Å². The van der Waals surface area contributed by atoms with Crippen LogP contribution in [0.5, 0.6) is 0 Å². The largest absolute Gasteiger partial charge is 0.464 e. The zero-order chi connectivity index (χ0) is 14.7. The van der Waals surface area contributed by atoms with Crippen molar-refractivity contribution in [3.8, 4) is 0 Å². The smallest absolute Gasteiger partial charge is 0.125 e. The first-order chi connectivity index (χ1) is 10.3. The molecule has 1 unspecified atom stereocenters. The van der Waals surface area contributed by atoms with E-state index >= 15 is 0 Å². The van der Waals surface area contributed by atoms with Crippen molar-refractivity contribution in [2.24, 2.45) is 0 Å². The van der Waals surface area contributed by atoms with E-state index in [4.69, 9.17) is 4.42 Å². The van der Waals surface area contributed by atoms with Crippen molar-refractivity contribution in [2.75, 3.05) is 6.54 Å². The molecule has 3 rings (SSSR count). The van der Waals surface area contributed by atoms with Gasteiger partial charge >= 0.3 is 0 Å². The van der Waals surface area contributed by atoms with E-state index in [1.54, 1.807) is 0 Å². The molecule has 0 radical (unpaired) electrons. The van der Waals surface area contributed by atoms with Gasteiger partial charge in [-0.3, -0.25) is 4.98 Å². The number of benzene rings is 1. The fraction of sp³-hybridized carbons (Fsp3) is 0.278. The third kappa shape index (κ3) is 2.83. The molecule has 3 heteroatoms.